The molecular formula is C15H16Cl3N5. The predicted octanol–water partition coefficient (Wildman–Crippen LogP) is 3.44. The normalized spacial score (nSPS) is 15.9. The highest BCUT2D eigenvalue weighted by molar-refractivity contribution is 6.44. The van der Waals surface area contributed by atoms with Crippen LogP contribution in [0.2, 0.25) is 15.1 Å². The van der Waals surface area contributed by atoms with E-state index in [4.69, 9.17) is 40.5 Å². The van der Waals surface area contributed by atoms with Crippen molar-refractivity contribution in [2.45, 2.75) is 0 Å². The molecule has 0 atom stereocenters. The van der Waals surface area contributed by atoms with Crippen molar-refractivity contribution in [2.24, 2.45) is 0 Å². The van der Waals surface area contributed by atoms with Crippen molar-refractivity contribution in [1.82, 2.24) is 14.9 Å². The van der Waals surface area contributed by atoms with Crippen molar-refractivity contribution < 1.29 is 0 Å². The number of aromatic nitrogens is 2. The Labute approximate surface area is 150 Å². The summed E-state index contributed by atoms with van der Waals surface area (Å²) in [6.45, 7) is 3.71. The zero-order chi connectivity index (χ0) is 16.6. The lowest BCUT2D eigenvalue weighted by Gasteiger charge is -2.32. The van der Waals surface area contributed by atoms with Gasteiger partial charge in [0.05, 0.1) is 15.1 Å². The Balaban J connectivity index is 1.92. The molecule has 5 nitrogen and oxygen atoms in total. The Kier molecular flexibility index (Phi) is 4.82. The lowest BCUT2D eigenvalue weighted by atomic mass is 10.1. The number of likely N-dealkylation sites (N-methyl/N-ethyl adjacent to an activating group) is 1. The maximum Gasteiger partial charge on any atom is 0.227 e. The van der Waals surface area contributed by atoms with E-state index in [2.05, 4.69) is 26.8 Å². The Morgan fingerprint density at radius 3 is 2.26 bits per heavy atom. The number of benzene rings is 1. The predicted molar refractivity (Wildman–Crippen MR) is 96.6 cm³/mol. The molecule has 0 saturated carbocycles. The molecule has 1 saturated heterocycles. The van der Waals surface area contributed by atoms with Crippen molar-refractivity contribution >= 4 is 46.6 Å². The molecule has 1 aromatic heterocycles. The first kappa shape index (κ1) is 16.6. The molecule has 0 aliphatic carbocycles. The number of nitrogens with zero attached hydrogens (tertiary/aromatic N) is 4. The molecule has 122 valence electrons. The van der Waals surface area contributed by atoms with Gasteiger partial charge >= 0.3 is 0 Å². The summed E-state index contributed by atoms with van der Waals surface area (Å²) in [6.07, 6.45) is 1.68. The van der Waals surface area contributed by atoms with Gasteiger partial charge in [0.15, 0.2) is 0 Å². The third kappa shape index (κ3) is 3.48. The molecule has 0 amide bonds. The van der Waals surface area contributed by atoms with E-state index in [1.807, 2.05) is 0 Å². The van der Waals surface area contributed by atoms with Crippen molar-refractivity contribution in [3.8, 4) is 11.1 Å². The van der Waals surface area contributed by atoms with Gasteiger partial charge in [-0.05, 0) is 19.2 Å². The van der Waals surface area contributed by atoms with Gasteiger partial charge in [0.25, 0.3) is 0 Å². The molecule has 2 aromatic rings. The number of piperazine rings is 1. The summed E-state index contributed by atoms with van der Waals surface area (Å²) in [5.41, 5.74) is 7.44. The average Bonchev–Trinajstić information content (AvgIpc) is 2.52. The van der Waals surface area contributed by atoms with Crippen LogP contribution in [-0.4, -0.2) is 48.1 Å². The Hall–Kier alpha value is -1.27. The summed E-state index contributed by atoms with van der Waals surface area (Å²) in [6, 6.07) is 3.27. The summed E-state index contributed by atoms with van der Waals surface area (Å²) in [4.78, 5) is 13.3. The van der Waals surface area contributed by atoms with Gasteiger partial charge in [-0.1, -0.05) is 34.8 Å². The van der Waals surface area contributed by atoms with E-state index in [0.29, 0.717) is 38.0 Å². The molecule has 23 heavy (non-hydrogen) atoms. The second-order valence-electron chi connectivity index (χ2n) is 5.51. The molecule has 3 rings (SSSR count). The minimum Gasteiger partial charge on any atom is -0.383 e. The van der Waals surface area contributed by atoms with Gasteiger partial charge in [-0.25, -0.2) is 4.98 Å². The van der Waals surface area contributed by atoms with E-state index >= 15 is 0 Å². The lowest BCUT2D eigenvalue weighted by Crippen LogP contribution is -2.45. The summed E-state index contributed by atoms with van der Waals surface area (Å²) in [7, 11) is 2.10. The molecule has 1 aliphatic heterocycles. The minimum absolute atomic E-state index is 0.370. The van der Waals surface area contributed by atoms with Crippen LogP contribution < -0.4 is 10.6 Å². The van der Waals surface area contributed by atoms with Gasteiger partial charge < -0.3 is 15.5 Å². The summed E-state index contributed by atoms with van der Waals surface area (Å²) in [5, 5.41) is 1.27. The van der Waals surface area contributed by atoms with E-state index in [9.17, 15) is 0 Å². The maximum absolute atomic E-state index is 6.24. The topological polar surface area (TPSA) is 58.3 Å². The van der Waals surface area contributed by atoms with Gasteiger partial charge in [0.1, 0.15) is 5.82 Å². The molecule has 0 unspecified atom stereocenters. The monoisotopic (exact) mass is 371 g/mol. The van der Waals surface area contributed by atoms with Crippen LogP contribution in [0.3, 0.4) is 0 Å². The standard InChI is InChI=1S/C15H16Cl3N5/c1-22-2-4-23(5-3-22)15-20-8-10(14(19)21-15)9-6-12(17)13(18)7-11(9)16/h6-8H,2-5H2,1H3,(H2,19,20,21). The molecule has 1 fully saturated rings. The number of nitrogen functional groups attached to an aromatic ring is 1. The highest BCUT2D eigenvalue weighted by atomic mass is 35.5. The molecule has 0 bridgehead atoms. The van der Waals surface area contributed by atoms with E-state index in [1.54, 1.807) is 18.3 Å². The Bertz CT molecular complexity index is 729. The second kappa shape index (κ2) is 6.69. The fourth-order valence-electron chi connectivity index (χ4n) is 2.48. The highest BCUT2D eigenvalue weighted by Crippen LogP contribution is 2.37. The van der Waals surface area contributed by atoms with E-state index in [1.165, 1.54) is 0 Å². The quantitative estimate of drug-likeness (QED) is 0.818. The maximum atomic E-state index is 6.24. The van der Waals surface area contributed by atoms with Gasteiger partial charge in [-0.2, -0.15) is 4.98 Å². The fourth-order valence-corrected chi connectivity index (χ4v) is 3.13. The number of nitrogens with two attached hydrogens (primary N) is 1. The molecule has 1 aromatic carbocycles. The summed E-state index contributed by atoms with van der Waals surface area (Å²) in [5.74, 6) is 1.00. The molecule has 1 aliphatic rings. The number of hydrogen-bond donors (Lipinski definition) is 1. The van der Waals surface area contributed by atoms with Crippen LogP contribution in [-0.2, 0) is 0 Å². The molecule has 2 heterocycles. The van der Waals surface area contributed by atoms with Crippen molar-refractivity contribution in [3.05, 3.63) is 33.4 Å². The largest absolute Gasteiger partial charge is 0.383 e. The first-order valence-corrected chi connectivity index (χ1v) is 8.30. The first-order valence-electron chi connectivity index (χ1n) is 7.16. The Morgan fingerprint density at radius 2 is 1.61 bits per heavy atom. The van der Waals surface area contributed by atoms with Crippen LogP contribution in [0.5, 0.6) is 0 Å². The van der Waals surface area contributed by atoms with Gasteiger partial charge in [0.2, 0.25) is 5.95 Å². The van der Waals surface area contributed by atoms with Gasteiger partial charge in [0, 0.05) is 43.5 Å². The van der Waals surface area contributed by atoms with Crippen molar-refractivity contribution in [2.75, 3.05) is 43.9 Å². The van der Waals surface area contributed by atoms with Crippen molar-refractivity contribution in [1.29, 1.82) is 0 Å². The fraction of sp³-hybridized carbons (Fsp3) is 0.333. The molecule has 0 spiro atoms. The zero-order valence-corrected chi connectivity index (χ0v) is 14.8. The summed E-state index contributed by atoms with van der Waals surface area (Å²) >= 11 is 18.3. The third-order valence-corrected chi connectivity index (χ3v) is 4.93. The SMILES string of the molecule is CN1CCN(c2ncc(-c3cc(Cl)c(Cl)cc3Cl)c(N)n2)CC1. The lowest BCUT2D eigenvalue weighted by molar-refractivity contribution is 0.311. The van der Waals surface area contributed by atoms with Crippen LogP contribution in [0.25, 0.3) is 11.1 Å². The average molecular weight is 373 g/mol. The van der Waals surface area contributed by atoms with Gasteiger partial charge in [-0.3, -0.25) is 0 Å². The third-order valence-electron chi connectivity index (χ3n) is 3.89. The molecular weight excluding hydrogens is 357 g/mol. The number of halogens is 3. The number of anilines is 2. The van der Waals surface area contributed by atoms with E-state index in [0.717, 1.165) is 26.2 Å². The smallest absolute Gasteiger partial charge is 0.227 e. The van der Waals surface area contributed by atoms with Crippen LogP contribution in [0.1, 0.15) is 0 Å². The van der Waals surface area contributed by atoms with Crippen LogP contribution in [0, 0.1) is 0 Å². The van der Waals surface area contributed by atoms with Crippen LogP contribution in [0.4, 0.5) is 11.8 Å². The van der Waals surface area contributed by atoms with Gasteiger partial charge in [-0.15, -0.1) is 0 Å². The summed E-state index contributed by atoms with van der Waals surface area (Å²) < 4.78 is 0. The second-order valence-corrected chi connectivity index (χ2v) is 6.73. The highest BCUT2D eigenvalue weighted by Gasteiger charge is 2.18. The number of hydrogen-bond acceptors (Lipinski definition) is 5. The zero-order valence-electron chi connectivity index (χ0n) is 12.6. The molecule has 0 radical (unpaired) electrons. The molecule has 2 N–H and O–H groups in total. The number of rotatable bonds is 2. The van der Waals surface area contributed by atoms with E-state index < -0.39 is 0 Å². The first-order chi connectivity index (χ1) is 11.0. The minimum atomic E-state index is 0.370. The Morgan fingerprint density at radius 1 is 0.957 bits per heavy atom. The van der Waals surface area contributed by atoms with E-state index in [-0.39, 0.29) is 0 Å². The molecule has 8 heteroatoms. The van der Waals surface area contributed by atoms with Crippen LogP contribution >= 0.6 is 34.8 Å². The van der Waals surface area contributed by atoms with Crippen molar-refractivity contribution in [3.63, 3.8) is 0 Å². The van der Waals surface area contributed by atoms with Crippen LogP contribution in [0.15, 0.2) is 18.3 Å².